The van der Waals surface area contributed by atoms with E-state index in [1.54, 1.807) is 24.3 Å². The van der Waals surface area contributed by atoms with Gasteiger partial charge in [-0.1, -0.05) is 6.92 Å². The van der Waals surface area contributed by atoms with Crippen molar-refractivity contribution in [3.8, 4) is 5.75 Å². The van der Waals surface area contributed by atoms with Crippen molar-refractivity contribution in [2.75, 3.05) is 26.2 Å². The second-order valence-corrected chi connectivity index (χ2v) is 11.3. The smallest absolute Gasteiger partial charge is 0.264 e. The minimum atomic E-state index is -3.52. The maximum Gasteiger partial charge on any atom is 0.264 e. The summed E-state index contributed by atoms with van der Waals surface area (Å²) in [5.41, 5.74) is 0.911. The highest BCUT2D eigenvalue weighted by Crippen LogP contribution is 2.49. The molecule has 1 atom stereocenters. The first-order valence-corrected chi connectivity index (χ1v) is 12.9. The van der Waals surface area contributed by atoms with Crippen molar-refractivity contribution in [1.82, 2.24) is 9.62 Å². The highest BCUT2D eigenvalue weighted by molar-refractivity contribution is 7.91. The molecule has 1 spiro atoms. The fourth-order valence-corrected chi connectivity index (χ4v) is 6.37. The lowest BCUT2D eigenvalue weighted by molar-refractivity contribution is 0.0981. The van der Waals surface area contributed by atoms with Gasteiger partial charge in [-0.15, -0.1) is 0 Å². The molecule has 166 valence electrons. The number of benzene rings is 1. The van der Waals surface area contributed by atoms with Crippen molar-refractivity contribution >= 4 is 15.9 Å². The van der Waals surface area contributed by atoms with Gasteiger partial charge in [0.15, 0.2) is 0 Å². The molecule has 0 aromatic heterocycles. The molecule has 3 aliphatic rings. The lowest BCUT2D eigenvalue weighted by Gasteiger charge is -2.39. The van der Waals surface area contributed by atoms with Crippen LogP contribution in [0.2, 0.25) is 0 Å². The van der Waals surface area contributed by atoms with Gasteiger partial charge < -0.3 is 9.64 Å². The summed E-state index contributed by atoms with van der Waals surface area (Å²) in [4.78, 5) is 14.7. The lowest BCUT2D eigenvalue weighted by Crippen LogP contribution is -2.38. The second-order valence-electron chi connectivity index (χ2n) is 9.38. The molecular weight excluding hydrogens is 400 g/mol. The molecule has 1 unspecified atom stereocenters. The number of nitrogens with zero attached hydrogens (tertiary/aromatic N) is 1. The fraction of sp³-hybridized carbons (Fsp3) is 0.696. The third-order valence-corrected chi connectivity index (χ3v) is 9.10. The number of ether oxygens (including phenoxy) is 1. The first-order chi connectivity index (χ1) is 14.4. The average molecular weight is 435 g/mol. The van der Waals surface area contributed by atoms with Crippen molar-refractivity contribution in [2.24, 2.45) is 11.3 Å². The number of carbonyl (C=O) groups excluding carboxylic acids is 1. The molecule has 0 radical (unpaired) electrons. The van der Waals surface area contributed by atoms with E-state index in [0.717, 1.165) is 18.1 Å². The quantitative estimate of drug-likeness (QED) is 0.677. The Morgan fingerprint density at radius 2 is 1.83 bits per heavy atom. The average Bonchev–Trinajstić information content (AvgIpc) is 3.53. The van der Waals surface area contributed by atoms with Crippen molar-refractivity contribution in [1.29, 1.82) is 0 Å². The number of hydrogen-bond acceptors (Lipinski definition) is 5. The van der Waals surface area contributed by atoms with Gasteiger partial charge in [-0.25, -0.2) is 13.1 Å². The van der Waals surface area contributed by atoms with E-state index in [-0.39, 0.29) is 0 Å². The first-order valence-electron chi connectivity index (χ1n) is 11.4. The minimum absolute atomic E-state index is 0.336. The Bertz CT molecular complexity index is 840. The molecule has 2 saturated carbocycles. The van der Waals surface area contributed by atoms with Gasteiger partial charge in [-0.2, -0.15) is 0 Å². The van der Waals surface area contributed by atoms with Gasteiger partial charge in [0.1, 0.15) is 5.75 Å². The summed E-state index contributed by atoms with van der Waals surface area (Å²) in [6, 6.07) is 6.74. The Morgan fingerprint density at radius 3 is 2.47 bits per heavy atom. The van der Waals surface area contributed by atoms with Gasteiger partial charge in [0, 0.05) is 5.56 Å². The van der Waals surface area contributed by atoms with Crippen molar-refractivity contribution < 1.29 is 17.9 Å². The number of carbonyl (C=O) groups is 1. The van der Waals surface area contributed by atoms with E-state index in [1.165, 1.54) is 51.7 Å². The number of nitrogens with one attached hydrogen (secondary N) is 1. The van der Waals surface area contributed by atoms with E-state index < -0.39 is 21.2 Å². The summed E-state index contributed by atoms with van der Waals surface area (Å²) in [5, 5.41) is -0.405. The largest absolute Gasteiger partial charge is 0.494 e. The summed E-state index contributed by atoms with van der Waals surface area (Å²) >= 11 is 0. The predicted octanol–water partition coefficient (Wildman–Crippen LogP) is 3.58. The highest BCUT2D eigenvalue weighted by atomic mass is 32.2. The molecule has 1 aliphatic heterocycles. The van der Waals surface area contributed by atoms with Gasteiger partial charge in [-0.05, 0) is 107 Å². The minimum Gasteiger partial charge on any atom is -0.494 e. The first kappa shape index (κ1) is 21.6. The van der Waals surface area contributed by atoms with E-state index in [0.29, 0.717) is 30.4 Å². The number of amides is 1. The summed E-state index contributed by atoms with van der Waals surface area (Å²) < 4.78 is 31.9. The molecule has 0 bridgehead atoms. The zero-order valence-electron chi connectivity index (χ0n) is 17.9. The van der Waals surface area contributed by atoms with Crippen LogP contribution in [0.25, 0.3) is 0 Å². The van der Waals surface area contributed by atoms with Crippen LogP contribution in [-0.2, 0) is 10.0 Å². The van der Waals surface area contributed by atoms with Crippen LogP contribution < -0.4 is 9.46 Å². The van der Waals surface area contributed by atoms with Crippen LogP contribution in [0.1, 0.15) is 68.6 Å². The maximum atomic E-state index is 12.1. The van der Waals surface area contributed by atoms with Gasteiger partial charge in [0.2, 0.25) is 10.0 Å². The normalized spacial score (nSPS) is 24.1. The molecule has 1 aromatic rings. The number of hydrogen-bond donors (Lipinski definition) is 1. The van der Waals surface area contributed by atoms with E-state index in [9.17, 15) is 13.2 Å². The molecule has 3 fully saturated rings. The van der Waals surface area contributed by atoms with Crippen LogP contribution in [0.5, 0.6) is 5.75 Å². The summed E-state index contributed by atoms with van der Waals surface area (Å²) in [6.07, 6.45) is 9.04. The summed E-state index contributed by atoms with van der Waals surface area (Å²) in [6.45, 7) is 6.61. The monoisotopic (exact) mass is 434 g/mol. The van der Waals surface area contributed by atoms with Crippen LogP contribution in [0.15, 0.2) is 24.3 Å². The number of piperidine rings is 1. The van der Waals surface area contributed by atoms with E-state index in [4.69, 9.17) is 4.74 Å². The molecule has 7 heteroatoms. The Morgan fingerprint density at radius 1 is 1.13 bits per heavy atom. The maximum absolute atomic E-state index is 12.1. The van der Waals surface area contributed by atoms with Gasteiger partial charge in [0.05, 0.1) is 11.9 Å². The molecule has 1 aromatic carbocycles. The topological polar surface area (TPSA) is 75.7 Å². The Kier molecular flexibility index (Phi) is 6.39. The second kappa shape index (κ2) is 8.87. The molecule has 30 heavy (non-hydrogen) atoms. The van der Waals surface area contributed by atoms with Crippen LogP contribution in [-0.4, -0.2) is 50.7 Å². The molecular formula is C23H34N2O4S. The Hall–Kier alpha value is -1.60. The molecule has 6 nitrogen and oxygen atoms in total. The number of sulfonamides is 1. The molecule has 1 heterocycles. The van der Waals surface area contributed by atoms with Crippen LogP contribution in [0.3, 0.4) is 0 Å². The SMILES string of the molecule is CCN1CCC2(CCC(CCOc3ccc(C(=O)NS(=O)(=O)C4CC4)cc3)C2)CC1. The summed E-state index contributed by atoms with van der Waals surface area (Å²) in [5.74, 6) is 0.898. The van der Waals surface area contributed by atoms with Crippen molar-refractivity contribution in [2.45, 2.75) is 63.5 Å². The zero-order chi connectivity index (χ0) is 21.2. The standard InChI is InChI=1S/C23H34N2O4S/c1-2-25-14-12-23(13-15-25)11-9-18(17-23)10-16-29-20-5-3-19(4-6-20)22(26)24-30(27,28)21-7-8-21/h3-6,18,21H,2,7-17H2,1H3,(H,24,26). The lowest BCUT2D eigenvalue weighted by atomic mass is 9.76. The van der Waals surface area contributed by atoms with Gasteiger partial charge in [-0.3, -0.25) is 4.79 Å². The molecule has 2 aliphatic carbocycles. The summed E-state index contributed by atoms with van der Waals surface area (Å²) in [7, 11) is -3.52. The molecule has 4 rings (SSSR count). The molecule has 1 N–H and O–H groups in total. The number of rotatable bonds is 8. The van der Waals surface area contributed by atoms with Crippen LogP contribution >= 0.6 is 0 Å². The van der Waals surface area contributed by atoms with E-state index >= 15 is 0 Å². The number of likely N-dealkylation sites (tertiary alicyclic amines) is 1. The van der Waals surface area contributed by atoms with Crippen LogP contribution in [0, 0.1) is 11.3 Å². The van der Waals surface area contributed by atoms with E-state index in [2.05, 4.69) is 16.5 Å². The van der Waals surface area contributed by atoms with Gasteiger partial charge >= 0.3 is 0 Å². The van der Waals surface area contributed by atoms with Crippen molar-refractivity contribution in [3.63, 3.8) is 0 Å². The third-order valence-electron chi connectivity index (χ3n) is 7.28. The fourth-order valence-electron chi connectivity index (χ4n) is 5.07. The Labute approximate surface area is 180 Å². The third kappa shape index (κ3) is 5.17. The van der Waals surface area contributed by atoms with E-state index in [1.807, 2.05) is 0 Å². The Balaban J connectivity index is 1.20. The molecule has 1 amide bonds. The highest BCUT2D eigenvalue weighted by Gasteiger charge is 2.40. The van der Waals surface area contributed by atoms with Gasteiger partial charge in [0.25, 0.3) is 5.91 Å². The van der Waals surface area contributed by atoms with Crippen LogP contribution in [0.4, 0.5) is 0 Å². The zero-order valence-corrected chi connectivity index (χ0v) is 18.8. The predicted molar refractivity (Wildman–Crippen MR) is 117 cm³/mol. The molecule has 1 saturated heterocycles. The van der Waals surface area contributed by atoms with Crippen molar-refractivity contribution in [3.05, 3.63) is 29.8 Å².